The first kappa shape index (κ1) is 17.4. The molecule has 0 unspecified atom stereocenters. The first-order valence-corrected chi connectivity index (χ1v) is 8.55. The first-order chi connectivity index (χ1) is 12.2. The lowest BCUT2D eigenvalue weighted by atomic mass is 10.0. The van der Waals surface area contributed by atoms with Crippen LogP contribution in [0.25, 0.3) is 0 Å². The number of anilines is 1. The van der Waals surface area contributed by atoms with Crippen molar-refractivity contribution in [1.82, 2.24) is 15.2 Å². The van der Waals surface area contributed by atoms with Crippen LogP contribution in [0.2, 0.25) is 0 Å². The average Bonchev–Trinajstić information content (AvgIpc) is 2.65. The summed E-state index contributed by atoms with van der Waals surface area (Å²) in [6, 6.07) is 12.0. The Kier molecular flexibility index (Phi) is 5.98. The van der Waals surface area contributed by atoms with Crippen LogP contribution < -0.4 is 10.6 Å². The van der Waals surface area contributed by atoms with Crippen LogP contribution in [-0.2, 0) is 4.74 Å². The number of morpholine rings is 1. The molecule has 0 bridgehead atoms. The Hall–Kier alpha value is -2.44. The maximum absolute atomic E-state index is 12.2. The lowest BCUT2D eigenvalue weighted by Gasteiger charge is -2.35. The number of rotatable bonds is 5. The predicted molar refractivity (Wildman–Crippen MR) is 97.6 cm³/mol. The van der Waals surface area contributed by atoms with Crippen molar-refractivity contribution < 1.29 is 9.53 Å². The van der Waals surface area contributed by atoms with Gasteiger partial charge in [-0.25, -0.2) is 4.79 Å². The molecule has 1 aromatic heterocycles. The molecule has 0 saturated carbocycles. The largest absolute Gasteiger partial charge is 0.379 e. The third-order valence-corrected chi connectivity index (χ3v) is 4.32. The molecule has 25 heavy (non-hydrogen) atoms. The monoisotopic (exact) mass is 340 g/mol. The van der Waals surface area contributed by atoms with E-state index in [9.17, 15) is 4.79 Å². The summed E-state index contributed by atoms with van der Waals surface area (Å²) in [7, 11) is 0. The Labute approximate surface area is 148 Å². The molecule has 1 aromatic carbocycles. The summed E-state index contributed by atoms with van der Waals surface area (Å²) in [5.41, 5.74) is 3.11. The normalized spacial score (nSPS) is 16.2. The second-order valence-electron chi connectivity index (χ2n) is 6.15. The number of benzene rings is 1. The van der Waals surface area contributed by atoms with Gasteiger partial charge < -0.3 is 15.4 Å². The van der Waals surface area contributed by atoms with Gasteiger partial charge in [0.05, 0.1) is 31.1 Å². The number of hydrogen-bond donors (Lipinski definition) is 2. The topological polar surface area (TPSA) is 66.5 Å². The van der Waals surface area contributed by atoms with E-state index in [1.165, 1.54) is 11.1 Å². The van der Waals surface area contributed by atoms with E-state index >= 15 is 0 Å². The molecule has 0 aliphatic carbocycles. The van der Waals surface area contributed by atoms with Crippen molar-refractivity contribution in [3.05, 3.63) is 59.9 Å². The van der Waals surface area contributed by atoms with Crippen molar-refractivity contribution in [1.29, 1.82) is 0 Å². The molecule has 0 spiro atoms. The van der Waals surface area contributed by atoms with Crippen LogP contribution in [-0.4, -0.2) is 48.8 Å². The van der Waals surface area contributed by atoms with Crippen LogP contribution in [0.3, 0.4) is 0 Å². The van der Waals surface area contributed by atoms with E-state index in [0.29, 0.717) is 12.2 Å². The molecule has 1 saturated heterocycles. The van der Waals surface area contributed by atoms with E-state index in [-0.39, 0.29) is 12.1 Å². The van der Waals surface area contributed by atoms with E-state index in [2.05, 4.69) is 51.7 Å². The molecule has 0 radical (unpaired) electrons. The van der Waals surface area contributed by atoms with Gasteiger partial charge in [0, 0.05) is 25.8 Å². The Morgan fingerprint density at radius 2 is 2.00 bits per heavy atom. The minimum absolute atomic E-state index is 0.129. The summed E-state index contributed by atoms with van der Waals surface area (Å²) < 4.78 is 5.46. The third-order valence-electron chi connectivity index (χ3n) is 4.32. The van der Waals surface area contributed by atoms with Crippen LogP contribution in [0.15, 0.2) is 48.8 Å². The Bertz CT molecular complexity index is 670. The number of ether oxygens (including phenoxy) is 1. The Morgan fingerprint density at radius 1 is 1.24 bits per heavy atom. The van der Waals surface area contributed by atoms with Gasteiger partial charge in [-0.3, -0.25) is 9.88 Å². The zero-order valence-corrected chi connectivity index (χ0v) is 14.4. The van der Waals surface area contributed by atoms with Gasteiger partial charge >= 0.3 is 6.03 Å². The van der Waals surface area contributed by atoms with Crippen molar-refractivity contribution in [2.45, 2.75) is 13.0 Å². The van der Waals surface area contributed by atoms with Crippen molar-refractivity contribution in [2.75, 3.05) is 38.2 Å². The lowest BCUT2D eigenvalue weighted by molar-refractivity contribution is 0.0168. The van der Waals surface area contributed by atoms with Crippen molar-refractivity contribution >= 4 is 11.7 Å². The minimum Gasteiger partial charge on any atom is -0.379 e. The number of nitrogens with zero attached hydrogens (tertiary/aromatic N) is 2. The molecule has 1 aliphatic rings. The van der Waals surface area contributed by atoms with E-state index in [4.69, 9.17) is 4.74 Å². The van der Waals surface area contributed by atoms with Crippen LogP contribution in [0.5, 0.6) is 0 Å². The summed E-state index contributed by atoms with van der Waals surface area (Å²) in [4.78, 5) is 18.5. The van der Waals surface area contributed by atoms with E-state index < -0.39 is 0 Å². The summed E-state index contributed by atoms with van der Waals surface area (Å²) >= 11 is 0. The van der Waals surface area contributed by atoms with Crippen LogP contribution in [0.1, 0.15) is 17.2 Å². The molecule has 1 fully saturated rings. The SMILES string of the molecule is Cc1ccc([C@@H](CNC(=O)Nc2cccnc2)N2CCOCC2)cc1. The van der Waals surface area contributed by atoms with Gasteiger partial charge in [0.2, 0.25) is 0 Å². The van der Waals surface area contributed by atoms with Gasteiger partial charge in [-0.2, -0.15) is 0 Å². The first-order valence-electron chi connectivity index (χ1n) is 8.55. The molecule has 3 rings (SSSR count). The fraction of sp³-hybridized carbons (Fsp3) is 0.368. The molecule has 6 nitrogen and oxygen atoms in total. The van der Waals surface area contributed by atoms with Gasteiger partial charge in [-0.15, -0.1) is 0 Å². The molecule has 1 atom stereocenters. The van der Waals surface area contributed by atoms with Gasteiger partial charge in [-0.05, 0) is 24.6 Å². The highest BCUT2D eigenvalue weighted by molar-refractivity contribution is 5.88. The zero-order chi connectivity index (χ0) is 17.5. The maximum Gasteiger partial charge on any atom is 0.319 e. The number of aromatic nitrogens is 1. The van der Waals surface area contributed by atoms with Crippen molar-refractivity contribution in [3.8, 4) is 0 Å². The summed E-state index contributed by atoms with van der Waals surface area (Å²) in [6.07, 6.45) is 3.30. The van der Waals surface area contributed by atoms with Gasteiger partial charge in [0.15, 0.2) is 0 Å². The summed E-state index contributed by atoms with van der Waals surface area (Å²) in [5, 5.41) is 5.79. The molecule has 132 valence electrons. The fourth-order valence-corrected chi connectivity index (χ4v) is 2.94. The zero-order valence-electron chi connectivity index (χ0n) is 14.4. The molecule has 1 aliphatic heterocycles. The van der Waals surface area contributed by atoms with Gasteiger partial charge in [0.1, 0.15) is 0 Å². The van der Waals surface area contributed by atoms with Crippen LogP contribution in [0.4, 0.5) is 10.5 Å². The maximum atomic E-state index is 12.2. The molecular formula is C19H24N4O2. The number of hydrogen-bond acceptors (Lipinski definition) is 4. The molecule has 6 heteroatoms. The number of aryl methyl sites for hydroxylation is 1. The highest BCUT2D eigenvalue weighted by Crippen LogP contribution is 2.21. The third kappa shape index (κ3) is 5.01. The second-order valence-corrected chi connectivity index (χ2v) is 6.15. The highest BCUT2D eigenvalue weighted by atomic mass is 16.5. The Balaban J connectivity index is 1.64. The number of nitrogens with one attached hydrogen (secondary N) is 2. The fourth-order valence-electron chi connectivity index (χ4n) is 2.94. The van der Waals surface area contributed by atoms with Crippen molar-refractivity contribution in [2.24, 2.45) is 0 Å². The second kappa shape index (κ2) is 8.60. The van der Waals surface area contributed by atoms with Crippen LogP contribution in [0, 0.1) is 6.92 Å². The van der Waals surface area contributed by atoms with Gasteiger partial charge in [-0.1, -0.05) is 29.8 Å². The van der Waals surface area contributed by atoms with E-state index in [1.807, 2.05) is 6.07 Å². The molecule has 2 amide bonds. The average molecular weight is 340 g/mol. The predicted octanol–water partition coefficient (Wildman–Crippen LogP) is 2.59. The van der Waals surface area contributed by atoms with E-state index in [1.54, 1.807) is 18.5 Å². The number of carbonyl (C=O) groups is 1. The molecular weight excluding hydrogens is 316 g/mol. The summed E-state index contributed by atoms with van der Waals surface area (Å²) in [5.74, 6) is 0. The number of carbonyl (C=O) groups excluding carboxylic acids is 1. The van der Waals surface area contributed by atoms with Crippen molar-refractivity contribution in [3.63, 3.8) is 0 Å². The number of amides is 2. The molecule has 2 N–H and O–H groups in total. The number of urea groups is 1. The van der Waals surface area contributed by atoms with Gasteiger partial charge in [0.25, 0.3) is 0 Å². The standard InChI is InChI=1S/C19H24N4O2/c1-15-4-6-16(7-5-15)18(23-9-11-25-12-10-23)14-21-19(24)22-17-3-2-8-20-13-17/h2-8,13,18H,9-12,14H2,1H3,(H2,21,22,24)/t18-/m1/s1. The smallest absolute Gasteiger partial charge is 0.319 e. The number of pyridine rings is 1. The quantitative estimate of drug-likeness (QED) is 0.878. The molecule has 2 heterocycles. The minimum atomic E-state index is -0.224. The van der Waals surface area contributed by atoms with E-state index in [0.717, 1.165) is 26.3 Å². The Morgan fingerprint density at radius 3 is 2.68 bits per heavy atom. The molecule has 2 aromatic rings. The lowest BCUT2D eigenvalue weighted by Crippen LogP contribution is -2.44. The van der Waals surface area contributed by atoms with Crippen LogP contribution >= 0.6 is 0 Å². The highest BCUT2D eigenvalue weighted by Gasteiger charge is 2.23. The summed E-state index contributed by atoms with van der Waals surface area (Å²) in [6.45, 7) is 5.80.